The van der Waals surface area contributed by atoms with Crippen LogP contribution in [0, 0.1) is 0 Å². The fourth-order valence-corrected chi connectivity index (χ4v) is 3.44. The Bertz CT molecular complexity index is 1150. The van der Waals surface area contributed by atoms with Gasteiger partial charge in [-0.2, -0.15) is 13.2 Å². The second-order valence-electron chi connectivity index (χ2n) is 7.30. The molecule has 0 aliphatic carbocycles. The number of hydrogen-bond donors (Lipinski definition) is 1. The molecule has 0 spiro atoms. The van der Waals surface area contributed by atoms with E-state index in [1.165, 1.54) is 41.6 Å². The standard InChI is InChI=1S/C22H19F3N6O3/c23-22(24,25)17-4-2-1-3-16(17)20(32)31-13-11-30(12-14-31)18-5-6-19(29-28-18)34-21(33)27-15-7-9-26-10-8-15/h1-10H,11-14H2,(H,26,27,33). The highest BCUT2D eigenvalue weighted by Gasteiger charge is 2.36. The molecule has 0 atom stereocenters. The van der Waals surface area contributed by atoms with Crippen molar-refractivity contribution in [2.45, 2.75) is 6.18 Å². The van der Waals surface area contributed by atoms with Crippen LogP contribution in [0.15, 0.2) is 60.9 Å². The molecule has 1 N–H and O–H groups in total. The molecule has 1 fully saturated rings. The summed E-state index contributed by atoms with van der Waals surface area (Å²) in [5, 5.41) is 10.5. The Hall–Kier alpha value is -4.22. The summed E-state index contributed by atoms with van der Waals surface area (Å²) in [6.07, 6.45) is -2.30. The van der Waals surface area contributed by atoms with Crippen LogP contribution in [0.4, 0.5) is 29.5 Å². The van der Waals surface area contributed by atoms with E-state index < -0.39 is 23.7 Å². The molecular weight excluding hydrogens is 453 g/mol. The summed E-state index contributed by atoms with van der Waals surface area (Å²) in [6, 6.07) is 11.0. The molecular formula is C22H19F3N6O3. The highest BCUT2D eigenvalue weighted by molar-refractivity contribution is 5.96. The first kappa shape index (κ1) is 23.0. The maximum Gasteiger partial charge on any atom is 0.418 e. The molecule has 9 nitrogen and oxygen atoms in total. The highest BCUT2D eigenvalue weighted by Crippen LogP contribution is 2.32. The van der Waals surface area contributed by atoms with Gasteiger partial charge in [-0.05, 0) is 30.3 Å². The Morgan fingerprint density at radius 1 is 0.912 bits per heavy atom. The van der Waals surface area contributed by atoms with E-state index in [9.17, 15) is 22.8 Å². The predicted octanol–water partition coefficient (Wildman–Crippen LogP) is 3.46. The van der Waals surface area contributed by atoms with Gasteiger partial charge in [0.25, 0.3) is 5.91 Å². The van der Waals surface area contributed by atoms with Gasteiger partial charge in [-0.3, -0.25) is 15.1 Å². The molecule has 1 saturated heterocycles. The van der Waals surface area contributed by atoms with Crippen LogP contribution in [-0.2, 0) is 6.18 Å². The van der Waals surface area contributed by atoms with Crippen LogP contribution >= 0.6 is 0 Å². The summed E-state index contributed by atoms with van der Waals surface area (Å²) < 4.78 is 44.8. The van der Waals surface area contributed by atoms with E-state index in [4.69, 9.17) is 4.74 Å². The molecule has 1 aliphatic heterocycles. The molecule has 2 amide bonds. The largest absolute Gasteiger partial charge is 0.418 e. The number of anilines is 2. The second kappa shape index (κ2) is 9.73. The van der Waals surface area contributed by atoms with Crippen LogP contribution in [0.2, 0.25) is 0 Å². The fraction of sp³-hybridized carbons (Fsp3) is 0.227. The Kier molecular flexibility index (Phi) is 6.57. The molecule has 0 saturated carbocycles. The minimum absolute atomic E-state index is 0.00659. The van der Waals surface area contributed by atoms with Crippen molar-refractivity contribution in [2.75, 3.05) is 36.4 Å². The first-order chi connectivity index (χ1) is 16.3. The minimum atomic E-state index is -4.61. The number of nitrogens with zero attached hydrogens (tertiary/aromatic N) is 5. The molecule has 1 aromatic carbocycles. The minimum Gasteiger partial charge on any atom is -0.389 e. The van der Waals surface area contributed by atoms with Gasteiger partial charge in [0, 0.05) is 50.3 Å². The molecule has 0 unspecified atom stereocenters. The number of alkyl halides is 3. The number of hydrogen-bond acceptors (Lipinski definition) is 7. The smallest absolute Gasteiger partial charge is 0.389 e. The van der Waals surface area contributed by atoms with Crippen molar-refractivity contribution in [2.24, 2.45) is 0 Å². The number of amides is 2. The molecule has 12 heteroatoms. The van der Waals surface area contributed by atoms with Crippen molar-refractivity contribution in [3.63, 3.8) is 0 Å². The summed E-state index contributed by atoms with van der Waals surface area (Å²) in [5.41, 5.74) is -0.804. The average molecular weight is 472 g/mol. The van der Waals surface area contributed by atoms with Gasteiger partial charge in [-0.1, -0.05) is 12.1 Å². The van der Waals surface area contributed by atoms with Gasteiger partial charge in [0.15, 0.2) is 5.82 Å². The number of pyridine rings is 1. The van der Waals surface area contributed by atoms with Gasteiger partial charge >= 0.3 is 12.3 Å². The van der Waals surface area contributed by atoms with Gasteiger partial charge in [0.1, 0.15) is 0 Å². The Morgan fingerprint density at radius 3 is 2.26 bits per heavy atom. The quantitative estimate of drug-likeness (QED) is 0.621. The Balaban J connectivity index is 1.33. The first-order valence-corrected chi connectivity index (χ1v) is 10.2. The Morgan fingerprint density at radius 2 is 1.62 bits per heavy atom. The number of carbonyl (C=O) groups excluding carboxylic acids is 2. The lowest BCUT2D eigenvalue weighted by molar-refractivity contribution is -0.138. The van der Waals surface area contributed by atoms with Crippen LogP contribution in [0.25, 0.3) is 0 Å². The molecule has 0 bridgehead atoms. The number of nitrogens with one attached hydrogen (secondary N) is 1. The van der Waals surface area contributed by atoms with Crippen LogP contribution in [0.1, 0.15) is 15.9 Å². The summed E-state index contributed by atoms with van der Waals surface area (Å²) in [6.45, 7) is 1.16. The third-order valence-corrected chi connectivity index (χ3v) is 5.10. The Labute approximate surface area is 192 Å². The maximum absolute atomic E-state index is 13.2. The number of halogens is 3. The zero-order chi connectivity index (χ0) is 24.1. The number of carbonyl (C=O) groups is 2. The number of piperazine rings is 1. The normalized spacial score (nSPS) is 14.0. The lowest BCUT2D eigenvalue weighted by atomic mass is 10.1. The van der Waals surface area contributed by atoms with Crippen molar-refractivity contribution in [1.29, 1.82) is 0 Å². The molecule has 0 radical (unpaired) electrons. The van der Waals surface area contributed by atoms with Gasteiger partial charge < -0.3 is 14.5 Å². The van der Waals surface area contributed by atoms with Crippen molar-refractivity contribution in [3.05, 3.63) is 72.1 Å². The van der Waals surface area contributed by atoms with E-state index in [0.29, 0.717) is 24.6 Å². The third-order valence-electron chi connectivity index (χ3n) is 5.10. The van der Waals surface area contributed by atoms with Crippen LogP contribution in [0.3, 0.4) is 0 Å². The van der Waals surface area contributed by atoms with Gasteiger partial charge in [-0.25, -0.2) is 4.79 Å². The van der Waals surface area contributed by atoms with Gasteiger partial charge in [0.2, 0.25) is 5.88 Å². The van der Waals surface area contributed by atoms with Crippen molar-refractivity contribution < 1.29 is 27.5 Å². The number of aromatic nitrogens is 3. The fourth-order valence-electron chi connectivity index (χ4n) is 3.44. The summed E-state index contributed by atoms with van der Waals surface area (Å²) >= 11 is 0. The highest BCUT2D eigenvalue weighted by atomic mass is 19.4. The molecule has 1 aliphatic rings. The lowest BCUT2D eigenvalue weighted by Crippen LogP contribution is -2.49. The van der Waals surface area contributed by atoms with Crippen molar-refractivity contribution >= 4 is 23.5 Å². The van der Waals surface area contributed by atoms with Crippen molar-refractivity contribution in [3.8, 4) is 5.88 Å². The second-order valence-corrected chi connectivity index (χ2v) is 7.30. The number of benzene rings is 1. The average Bonchev–Trinajstić information content (AvgIpc) is 2.84. The van der Waals surface area contributed by atoms with Crippen LogP contribution in [0.5, 0.6) is 5.88 Å². The summed E-state index contributed by atoms with van der Waals surface area (Å²) in [5.74, 6) is -0.180. The maximum atomic E-state index is 13.2. The first-order valence-electron chi connectivity index (χ1n) is 10.2. The van der Waals surface area contributed by atoms with Gasteiger partial charge in [0.05, 0.1) is 11.1 Å². The van der Waals surface area contributed by atoms with E-state index >= 15 is 0 Å². The number of ether oxygens (including phenoxy) is 1. The SMILES string of the molecule is O=C(Nc1ccncc1)Oc1ccc(N2CCN(C(=O)c3ccccc3C(F)(F)F)CC2)nn1. The summed E-state index contributed by atoms with van der Waals surface area (Å²) in [4.78, 5) is 31.7. The zero-order valence-electron chi connectivity index (χ0n) is 17.7. The van der Waals surface area contributed by atoms with E-state index in [1.807, 2.05) is 4.90 Å². The van der Waals surface area contributed by atoms with E-state index in [-0.39, 0.29) is 24.5 Å². The van der Waals surface area contributed by atoms with E-state index in [0.717, 1.165) is 6.07 Å². The topological polar surface area (TPSA) is 101 Å². The van der Waals surface area contributed by atoms with Crippen LogP contribution in [-0.4, -0.2) is 58.3 Å². The van der Waals surface area contributed by atoms with Crippen molar-refractivity contribution in [1.82, 2.24) is 20.1 Å². The lowest BCUT2D eigenvalue weighted by Gasteiger charge is -2.35. The molecule has 3 heterocycles. The third kappa shape index (κ3) is 5.39. The molecule has 2 aromatic heterocycles. The molecule has 4 rings (SSSR count). The monoisotopic (exact) mass is 472 g/mol. The van der Waals surface area contributed by atoms with E-state index in [1.54, 1.807) is 18.2 Å². The summed E-state index contributed by atoms with van der Waals surface area (Å²) in [7, 11) is 0. The van der Waals surface area contributed by atoms with Crippen LogP contribution < -0.4 is 15.0 Å². The number of rotatable bonds is 4. The molecule has 34 heavy (non-hydrogen) atoms. The van der Waals surface area contributed by atoms with Gasteiger partial charge in [-0.15, -0.1) is 10.2 Å². The van der Waals surface area contributed by atoms with E-state index in [2.05, 4.69) is 20.5 Å². The zero-order valence-corrected chi connectivity index (χ0v) is 17.7. The molecule has 176 valence electrons. The molecule has 3 aromatic rings. The predicted molar refractivity (Wildman–Crippen MR) is 115 cm³/mol.